The molecule has 82 valence electrons. The zero-order chi connectivity index (χ0) is 10.8. The summed E-state index contributed by atoms with van der Waals surface area (Å²) in [5.74, 6) is -0.860. The molecule has 0 radical (unpaired) electrons. The molecular weight excluding hydrogens is 196 g/mol. The van der Waals surface area contributed by atoms with Crippen LogP contribution in [0.2, 0.25) is 0 Å². The Balaban J connectivity index is 2.31. The lowest BCUT2D eigenvalue weighted by molar-refractivity contribution is 0.397. The topological polar surface area (TPSA) is 12.0 Å². The third kappa shape index (κ3) is 2.02. The Morgan fingerprint density at radius 1 is 1.27 bits per heavy atom. The molecule has 0 aromatic heterocycles. The highest BCUT2D eigenvalue weighted by Crippen LogP contribution is 2.27. The van der Waals surface area contributed by atoms with Crippen molar-refractivity contribution in [2.24, 2.45) is 0 Å². The van der Waals surface area contributed by atoms with E-state index in [2.05, 4.69) is 5.32 Å². The molecule has 1 atom stereocenters. The minimum absolute atomic E-state index is 0.0537. The van der Waals surface area contributed by atoms with E-state index in [0.717, 1.165) is 25.8 Å². The van der Waals surface area contributed by atoms with E-state index >= 15 is 0 Å². The maximum Gasteiger partial charge on any atom is 0.133 e. The molecule has 1 N–H and O–H groups in total. The van der Waals surface area contributed by atoms with Gasteiger partial charge in [0.05, 0.1) is 0 Å². The van der Waals surface area contributed by atoms with Crippen LogP contribution in [-0.2, 0) is 0 Å². The van der Waals surface area contributed by atoms with E-state index in [-0.39, 0.29) is 11.6 Å². The van der Waals surface area contributed by atoms with E-state index in [1.54, 1.807) is 6.07 Å². The molecule has 1 saturated heterocycles. The molecule has 0 amide bonds. The number of hydrogen-bond acceptors (Lipinski definition) is 1. The van der Waals surface area contributed by atoms with Crippen molar-refractivity contribution in [2.45, 2.75) is 32.2 Å². The van der Waals surface area contributed by atoms with E-state index in [4.69, 9.17) is 0 Å². The first kappa shape index (κ1) is 10.6. The summed E-state index contributed by atoms with van der Waals surface area (Å²) in [6.45, 7) is 2.40. The number of nitrogens with one attached hydrogen (secondary N) is 1. The normalized spacial score (nSPS) is 21.7. The monoisotopic (exact) mass is 211 g/mol. The van der Waals surface area contributed by atoms with Crippen LogP contribution < -0.4 is 5.32 Å². The molecule has 15 heavy (non-hydrogen) atoms. The van der Waals surface area contributed by atoms with Crippen molar-refractivity contribution < 1.29 is 8.78 Å². The number of rotatable bonds is 1. The van der Waals surface area contributed by atoms with Gasteiger partial charge in [0, 0.05) is 17.2 Å². The van der Waals surface area contributed by atoms with Gasteiger partial charge in [0.1, 0.15) is 11.6 Å². The highest BCUT2D eigenvalue weighted by atomic mass is 19.1. The number of piperidine rings is 1. The predicted molar refractivity (Wildman–Crippen MR) is 55.7 cm³/mol. The summed E-state index contributed by atoms with van der Waals surface area (Å²) >= 11 is 0. The fourth-order valence-corrected chi connectivity index (χ4v) is 2.07. The molecule has 1 aliphatic rings. The van der Waals surface area contributed by atoms with E-state index in [9.17, 15) is 8.78 Å². The third-order valence-corrected chi connectivity index (χ3v) is 3.04. The summed E-state index contributed by atoms with van der Waals surface area (Å²) in [4.78, 5) is 0. The summed E-state index contributed by atoms with van der Waals surface area (Å²) in [5.41, 5.74) is 0.730. The lowest BCUT2D eigenvalue weighted by Gasteiger charge is -2.24. The number of hydrogen-bond donors (Lipinski definition) is 1. The van der Waals surface area contributed by atoms with Gasteiger partial charge in [-0.25, -0.2) is 8.78 Å². The maximum absolute atomic E-state index is 13.8. The Labute approximate surface area is 88.5 Å². The molecular formula is C12H15F2N. The molecule has 1 aliphatic heterocycles. The van der Waals surface area contributed by atoms with Crippen LogP contribution in [0.5, 0.6) is 0 Å². The lowest BCUT2D eigenvalue weighted by Crippen LogP contribution is -2.27. The second kappa shape index (κ2) is 4.27. The summed E-state index contributed by atoms with van der Waals surface area (Å²) in [6, 6.07) is 2.96. The van der Waals surface area contributed by atoms with Crippen molar-refractivity contribution in [3.63, 3.8) is 0 Å². The Morgan fingerprint density at radius 2 is 2.07 bits per heavy atom. The molecule has 1 aromatic carbocycles. The van der Waals surface area contributed by atoms with Gasteiger partial charge in [0.15, 0.2) is 0 Å². The van der Waals surface area contributed by atoms with Crippen molar-refractivity contribution in [1.82, 2.24) is 5.32 Å². The first-order chi connectivity index (χ1) is 7.20. The predicted octanol–water partition coefficient (Wildman–Crippen LogP) is 3.09. The van der Waals surface area contributed by atoms with E-state index in [1.165, 1.54) is 13.0 Å². The van der Waals surface area contributed by atoms with E-state index in [1.807, 2.05) is 0 Å². The molecule has 0 saturated carbocycles. The molecule has 1 nitrogen and oxygen atoms in total. The third-order valence-electron chi connectivity index (χ3n) is 3.04. The number of halogens is 2. The number of benzene rings is 1. The van der Waals surface area contributed by atoms with Crippen LogP contribution in [-0.4, -0.2) is 6.54 Å². The molecule has 2 rings (SSSR count). The van der Waals surface area contributed by atoms with Crippen molar-refractivity contribution in [1.29, 1.82) is 0 Å². The van der Waals surface area contributed by atoms with Crippen molar-refractivity contribution in [2.75, 3.05) is 6.54 Å². The minimum Gasteiger partial charge on any atom is -0.310 e. The van der Waals surface area contributed by atoms with Crippen LogP contribution >= 0.6 is 0 Å². The minimum atomic E-state index is -0.466. The first-order valence-electron chi connectivity index (χ1n) is 5.38. The van der Waals surface area contributed by atoms with Gasteiger partial charge < -0.3 is 5.32 Å². The van der Waals surface area contributed by atoms with Crippen molar-refractivity contribution >= 4 is 0 Å². The highest BCUT2D eigenvalue weighted by Gasteiger charge is 2.20. The summed E-state index contributed by atoms with van der Waals surface area (Å²) < 4.78 is 26.8. The second-order valence-electron chi connectivity index (χ2n) is 4.08. The van der Waals surface area contributed by atoms with Crippen LogP contribution in [0.25, 0.3) is 0 Å². The second-order valence-corrected chi connectivity index (χ2v) is 4.08. The summed E-state index contributed by atoms with van der Waals surface area (Å²) in [5, 5.41) is 3.26. The van der Waals surface area contributed by atoms with E-state index in [0.29, 0.717) is 5.56 Å². The van der Waals surface area contributed by atoms with Gasteiger partial charge in [-0.2, -0.15) is 0 Å². The summed E-state index contributed by atoms with van der Waals surface area (Å²) in [7, 11) is 0. The first-order valence-corrected chi connectivity index (χ1v) is 5.38. The Hall–Kier alpha value is -0.960. The van der Waals surface area contributed by atoms with Crippen molar-refractivity contribution in [3.8, 4) is 0 Å². The average Bonchev–Trinajstić information content (AvgIpc) is 2.27. The quantitative estimate of drug-likeness (QED) is 0.752. The Morgan fingerprint density at radius 3 is 2.73 bits per heavy atom. The molecule has 1 unspecified atom stereocenters. The standard InChI is InChI=1S/C12H15F2N/c1-8-10(13)6-5-9(12(8)14)11-4-2-3-7-15-11/h5-6,11,15H,2-4,7H2,1H3. The molecule has 3 heteroatoms. The molecule has 0 aliphatic carbocycles. The van der Waals surface area contributed by atoms with Crippen LogP contribution in [0.4, 0.5) is 8.78 Å². The molecule has 0 spiro atoms. The smallest absolute Gasteiger partial charge is 0.133 e. The molecule has 1 aromatic rings. The van der Waals surface area contributed by atoms with Gasteiger partial charge >= 0.3 is 0 Å². The van der Waals surface area contributed by atoms with Gasteiger partial charge in [0.25, 0.3) is 0 Å². The fraction of sp³-hybridized carbons (Fsp3) is 0.500. The molecule has 0 bridgehead atoms. The fourth-order valence-electron chi connectivity index (χ4n) is 2.07. The van der Waals surface area contributed by atoms with Gasteiger partial charge in [-0.3, -0.25) is 0 Å². The van der Waals surface area contributed by atoms with Crippen LogP contribution in [0.3, 0.4) is 0 Å². The van der Waals surface area contributed by atoms with Crippen LogP contribution in [0.1, 0.15) is 36.4 Å². The van der Waals surface area contributed by atoms with Gasteiger partial charge in [-0.05, 0) is 32.4 Å². The molecule has 1 heterocycles. The Kier molecular flexibility index (Phi) is 3.00. The summed E-state index contributed by atoms with van der Waals surface area (Å²) in [6.07, 6.45) is 3.17. The zero-order valence-electron chi connectivity index (χ0n) is 8.82. The maximum atomic E-state index is 13.8. The SMILES string of the molecule is Cc1c(F)ccc(C2CCCCN2)c1F. The van der Waals surface area contributed by atoms with Crippen molar-refractivity contribution in [3.05, 3.63) is 34.9 Å². The zero-order valence-corrected chi connectivity index (χ0v) is 8.82. The van der Waals surface area contributed by atoms with Gasteiger partial charge in [-0.1, -0.05) is 12.5 Å². The molecule has 1 fully saturated rings. The van der Waals surface area contributed by atoms with Crippen LogP contribution in [0, 0.1) is 18.6 Å². The largest absolute Gasteiger partial charge is 0.310 e. The van der Waals surface area contributed by atoms with Gasteiger partial charge in [-0.15, -0.1) is 0 Å². The Bertz CT molecular complexity index is 357. The highest BCUT2D eigenvalue weighted by molar-refractivity contribution is 5.29. The van der Waals surface area contributed by atoms with Gasteiger partial charge in [0.2, 0.25) is 0 Å². The van der Waals surface area contributed by atoms with E-state index < -0.39 is 11.6 Å². The average molecular weight is 211 g/mol. The lowest BCUT2D eigenvalue weighted by atomic mass is 9.95. The van der Waals surface area contributed by atoms with Crippen LogP contribution in [0.15, 0.2) is 12.1 Å².